The van der Waals surface area contributed by atoms with Gasteiger partial charge in [-0.3, -0.25) is 0 Å². The molecular formula is C13H9BrClFN2S. The number of thiocarbonyl (C=S) groups is 1. The van der Waals surface area contributed by atoms with Crippen LogP contribution in [0.1, 0.15) is 5.56 Å². The van der Waals surface area contributed by atoms with E-state index in [0.29, 0.717) is 22.0 Å². The quantitative estimate of drug-likeness (QED) is 0.785. The largest absolute Gasteiger partial charge is 0.389 e. The van der Waals surface area contributed by atoms with Gasteiger partial charge >= 0.3 is 0 Å². The van der Waals surface area contributed by atoms with E-state index in [1.165, 1.54) is 12.1 Å². The maximum atomic E-state index is 13.3. The Kier molecular flexibility index (Phi) is 4.39. The second-order valence-electron chi connectivity index (χ2n) is 3.80. The van der Waals surface area contributed by atoms with Crippen LogP contribution < -0.4 is 11.1 Å². The van der Waals surface area contributed by atoms with Gasteiger partial charge in [0.15, 0.2) is 0 Å². The van der Waals surface area contributed by atoms with Crippen molar-refractivity contribution < 1.29 is 4.39 Å². The fourth-order valence-electron chi connectivity index (χ4n) is 1.57. The Morgan fingerprint density at radius 2 is 1.95 bits per heavy atom. The zero-order valence-corrected chi connectivity index (χ0v) is 12.7. The lowest BCUT2D eigenvalue weighted by Crippen LogP contribution is -2.12. The minimum atomic E-state index is -0.343. The van der Waals surface area contributed by atoms with E-state index in [1.54, 1.807) is 24.3 Å². The average molecular weight is 360 g/mol. The number of rotatable bonds is 3. The molecule has 98 valence electrons. The van der Waals surface area contributed by atoms with Crippen LogP contribution in [0.25, 0.3) is 0 Å². The normalized spacial score (nSPS) is 10.3. The van der Waals surface area contributed by atoms with E-state index in [1.807, 2.05) is 0 Å². The van der Waals surface area contributed by atoms with E-state index in [4.69, 9.17) is 29.6 Å². The highest BCUT2D eigenvalue weighted by atomic mass is 79.9. The van der Waals surface area contributed by atoms with E-state index >= 15 is 0 Å². The standard InChI is InChI=1S/C13H9BrClFN2S/c14-10-4-2-8(16)6-12(10)18-11-5-7(15)1-3-9(11)13(17)19/h1-6,18H,(H2,17,19). The molecule has 0 heterocycles. The third-order valence-electron chi connectivity index (χ3n) is 2.44. The maximum Gasteiger partial charge on any atom is 0.125 e. The zero-order valence-electron chi connectivity index (χ0n) is 9.58. The maximum absolute atomic E-state index is 13.3. The molecule has 0 bridgehead atoms. The Morgan fingerprint density at radius 3 is 2.63 bits per heavy atom. The summed E-state index contributed by atoms with van der Waals surface area (Å²) in [5.74, 6) is -0.343. The van der Waals surface area contributed by atoms with Crippen molar-refractivity contribution in [2.45, 2.75) is 0 Å². The van der Waals surface area contributed by atoms with E-state index < -0.39 is 0 Å². The van der Waals surface area contributed by atoms with Crippen LogP contribution in [-0.2, 0) is 0 Å². The molecule has 0 saturated heterocycles. The van der Waals surface area contributed by atoms with Crippen molar-refractivity contribution in [2.75, 3.05) is 5.32 Å². The van der Waals surface area contributed by atoms with Gasteiger partial charge in [0.1, 0.15) is 10.8 Å². The van der Waals surface area contributed by atoms with Crippen LogP contribution in [-0.4, -0.2) is 4.99 Å². The van der Waals surface area contributed by atoms with Gasteiger partial charge < -0.3 is 11.1 Å². The fourth-order valence-corrected chi connectivity index (χ4v) is 2.27. The second-order valence-corrected chi connectivity index (χ2v) is 5.53. The van der Waals surface area contributed by atoms with Crippen molar-refractivity contribution >= 4 is 56.1 Å². The van der Waals surface area contributed by atoms with E-state index in [0.717, 1.165) is 4.47 Å². The summed E-state index contributed by atoms with van der Waals surface area (Å²) < 4.78 is 14.0. The lowest BCUT2D eigenvalue weighted by molar-refractivity contribution is 0.628. The SMILES string of the molecule is NC(=S)c1ccc(Cl)cc1Nc1cc(F)ccc1Br. The molecular weight excluding hydrogens is 351 g/mol. The van der Waals surface area contributed by atoms with Crippen LogP contribution in [0.2, 0.25) is 5.02 Å². The molecule has 2 aromatic rings. The smallest absolute Gasteiger partial charge is 0.125 e. The summed E-state index contributed by atoms with van der Waals surface area (Å²) in [6.07, 6.45) is 0. The molecule has 2 aromatic carbocycles. The molecule has 3 N–H and O–H groups in total. The van der Waals surface area contributed by atoms with Gasteiger partial charge in [0.25, 0.3) is 0 Å². The third kappa shape index (κ3) is 3.43. The summed E-state index contributed by atoms with van der Waals surface area (Å²) in [7, 11) is 0. The Hall–Kier alpha value is -1.17. The summed E-state index contributed by atoms with van der Waals surface area (Å²) in [6, 6.07) is 9.45. The third-order valence-corrected chi connectivity index (χ3v) is 3.59. The van der Waals surface area contributed by atoms with Crippen molar-refractivity contribution in [1.29, 1.82) is 0 Å². The summed E-state index contributed by atoms with van der Waals surface area (Å²) in [4.78, 5) is 0.242. The minimum Gasteiger partial charge on any atom is -0.389 e. The molecule has 19 heavy (non-hydrogen) atoms. The van der Waals surface area contributed by atoms with Crippen LogP contribution >= 0.6 is 39.7 Å². The number of hydrogen-bond donors (Lipinski definition) is 2. The van der Waals surface area contributed by atoms with Crippen LogP contribution in [0.15, 0.2) is 40.9 Å². The summed E-state index contributed by atoms with van der Waals surface area (Å²) >= 11 is 14.3. The molecule has 0 spiro atoms. The summed E-state index contributed by atoms with van der Waals surface area (Å²) in [6.45, 7) is 0. The highest BCUT2D eigenvalue weighted by Crippen LogP contribution is 2.30. The van der Waals surface area contributed by atoms with E-state index in [2.05, 4.69) is 21.2 Å². The predicted octanol–water partition coefficient (Wildman–Crippen LogP) is 4.62. The summed E-state index contributed by atoms with van der Waals surface area (Å²) in [5, 5.41) is 3.60. The molecule has 0 aliphatic heterocycles. The second kappa shape index (κ2) is 5.86. The van der Waals surface area contributed by atoms with Crippen LogP contribution in [0.5, 0.6) is 0 Å². The molecule has 0 aliphatic rings. The molecule has 0 aliphatic carbocycles. The first-order valence-electron chi connectivity index (χ1n) is 5.29. The Bertz CT molecular complexity index is 649. The highest BCUT2D eigenvalue weighted by Gasteiger charge is 2.09. The van der Waals surface area contributed by atoms with Crippen molar-refractivity contribution in [3.05, 3.63) is 57.3 Å². The monoisotopic (exact) mass is 358 g/mol. The molecule has 6 heteroatoms. The molecule has 0 amide bonds. The van der Waals surface area contributed by atoms with E-state index in [9.17, 15) is 4.39 Å². The average Bonchev–Trinajstić information content (AvgIpc) is 2.33. The van der Waals surface area contributed by atoms with Crippen LogP contribution in [0, 0.1) is 5.82 Å². The van der Waals surface area contributed by atoms with Crippen molar-refractivity contribution in [3.63, 3.8) is 0 Å². The van der Waals surface area contributed by atoms with Gasteiger partial charge in [-0.15, -0.1) is 0 Å². The van der Waals surface area contributed by atoms with Crippen LogP contribution in [0.4, 0.5) is 15.8 Å². The molecule has 0 saturated carbocycles. The molecule has 0 fully saturated rings. The van der Waals surface area contributed by atoms with Crippen molar-refractivity contribution in [1.82, 2.24) is 0 Å². The van der Waals surface area contributed by atoms with Gasteiger partial charge in [0.2, 0.25) is 0 Å². The number of nitrogens with one attached hydrogen (secondary N) is 1. The number of benzene rings is 2. The van der Waals surface area contributed by atoms with Crippen LogP contribution in [0.3, 0.4) is 0 Å². The van der Waals surface area contributed by atoms with Gasteiger partial charge in [0, 0.05) is 15.1 Å². The molecule has 0 atom stereocenters. The Balaban J connectivity index is 2.45. The summed E-state index contributed by atoms with van der Waals surface area (Å²) in [5.41, 5.74) is 7.50. The lowest BCUT2D eigenvalue weighted by atomic mass is 10.1. The first-order valence-corrected chi connectivity index (χ1v) is 6.87. The first kappa shape index (κ1) is 14.2. The molecule has 2 nitrogen and oxygen atoms in total. The fraction of sp³-hybridized carbons (Fsp3) is 0. The van der Waals surface area contributed by atoms with Crippen molar-refractivity contribution in [2.24, 2.45) is 5.73 Å². The van der Waals surface area contributed by atoms with Gasteiger partial charge in [0.05, 0.1) is 11.4 Å². The predicted molar refractivity (Wildman–Crippen MR) is 84.7 cm³/mol. The molecule has 0 radical (unpaired) electrons. The molecule has 0 aromatic heterocycles. The zero-order chi connectivity index (χ0) is 14.0. The Labute approximate surface area is 128 Å². The lowest BCUT2D eigenvalue weighted by Gasteiger charge is -2.13. The molecule has 2 rings (SSSR count). The number of nitrogens with two attached hydrogens (primary N) is 1. The molecule has 0 unspecified atom stereocenters. The Morgan fingerprint density at radius 1 is 1.21 bits per heavy atom. The number of anilines is 2. The van der Waals surface area contributed by atoms with Gasteiger partial charge in [-0.2, -0.15) is 0 Å². The van der Waals surface area contributed by atoms with Crippen molar-refractivity contribution in [3.8, 4) is 0 Å². The minimum absolute atomic E-state index is 0.242. The number of halogens is 3. The number of hydrogen-bond acceptors (Lipinski definition) is 2. The highest BCUT2D eigenvalue weighted by molar-refractivity contribution is 9.10. The van der Waals surface area contributed by atoms with E-state index in [-0.39, 0.29) is 10.8 Å². The van der Waals surface area contributed by atoms with Gasteiger partial charge in [-0.25, -0.2) is 4.39 Å². The van der Waals surface area contributed by atoms with Gasteiger partial charge in [-0.05, 0) is 52.3 Å². The van der Waals surface area contributed by atoms with Gasteiger partial charge in [-0.1, -0.05) is 23.8 Å². The topological polar surface area (TPSA) is 38.0 Å². The first-order chi connectivity index (χ1) is 8.97.